The second-order valence-electron chi connectivity index (χ2n) is 8.43. The Balaban J connectivity index is 4.71. The Bertz CT molecular complexity index is 422. The molecule has 0 saturated heterocycles. The predicted octanol–water partition coefficient (Wildman–Crippen LogP) is 6.76. The fourth-order valence-electron chi connectivity index (χ4n) is 2.90. The van der Waals surface area contributed by atoms with Crippen LogP contribution in [0.4, 0.5) is 0 Å². The molecule has 0 aromatic carbocycles. The van der Waals surface area contributed by atoms with E-state index in [-0.39, 0.29) is 12.6 Å². The monoisotopic (exact) mass is 502 g/mol. The smallest absolute Gasteiger partial charge is 0.179 e. The lowest BCUT2D eigenvalue weighted by Crippen LogP contribution is -2.23. The molecule has 0 radical (unpaired) electrons. The zero-order valence-corrected chi connectivity index (χ0v) is 23.4. The van der Waals surface area contributed by atoms with Crippen molar-refractivity contribution in [1.29, 1.82) is 0 Å². The van der Waals surface area contributed by atoms with E-state index in [9.17, 15) is 0 Å². The first-order chi connectivity index (χ1) is 17.1. The van der Waals surface area contributed by atoms with Crippen molar-refractivity contribution in [3.05, 3.63) is 24.3 Å². The van der Waals surface area contributed by atoms with E-state index in [0.29, 0.717) is 39.3 Å². The maximum Gasteiger partial charge on any atom is 0.179 e. The van der Waals surface area contributed by atoms with E-state index >= 15 is 0 Å². The fourth-order valence-corrected chi connectivity index (χ4v) is 2.90. The Morgan fingerprint density at radius 3 is 1.09 bits per heavy atom. The molecular weight excluding hydrogens is 448 g/mol. The zero-order chi connectivity index (χ0) is 26.0. The summed E-state index contributed by atoms with van der Waals surface area (Å²) in [6.07, 6.45) is 15.8. The van der Waals surface area contributed by atoms with E-state index in [0.717, 1.165) is 51.4 Å². The largest absolute Gasteiger partial charge is 0.352 e. The van der Waals surface area contributed by atoms with Crippen LogP contribution in [0.1, 0.15) is 91.9 Å². The third-order valence-corrected chi connectivity index (χ3v) is 5.18. The molecule has 0 N–H and O–H groups in total. The van der Waals surface area contributed by atoms with E-state index in [4.69, 9.17) is 33.2 Å². The number of ether oxygens (including phenoxy) is 7. The molecular formula is C28H54O7. The van der Waals surface area contributed by atoms with Crippen molar-refractivity contribution < 1.29 is 33.2 Å². The molecule has 0 aromatic heterocycles. The molecule has 0 heterocycles. The molecule has 0 aliphatic carbocycles. The number of methoxy groups -OCH3 is 2. The maximum absolute atomic E-state index is 5.93. The molecule has 0 bridgehead atoms. The van der Waals surface area contributed by atoms with Gasteiger partial charge in [0.25, 0.3) is 0 Å². The Kier molecular flexibility index (Phi) is 25.7. The van der Waals surface area contributed by atoms with Crippen LogP contribution >= 0.6 is 0 Å². The van der Waals surface area contributed by atoms with E-state index in [1.165, 1.54) is 0 Å². The highest BCUT2D eigenvalue weighted by atomic mass is 16.8. The third-order valence-electron chi connectivity index (χ3n) is 5.18. The molecule has 0 aliphatic rings. The third kappa shape index (κ3) is 21.0. The summed E-state index contributed by atoms with van der Waals surface area (Å²) in [6, 6.07) is 0. The lowest BCUT2D eigenvalue weighted by molar-refractivity contribution is -0.189. The molecule has 0 aliphatic heterocycles. The average Bonchev–Trinajstić information content (AvgIpc) is 2.87. The van der Waals surface area contributed by atoms with Gasteiger partial charge in [0.05, 0.1) is 0 Å². The number of unbranched alkanes of at least 4 members (excludes halogenated alkanes) is 4. The first-order valence-electron chi connectivity index (χ1n) is 13.7. The van der Waals surface area contributed by atoms with Crippen LogP contribution in [-0.2, 0) is 33.2 Å². The summed E-state index contributed by atoms with van der Waals surface area (Å²) in [5.41, 5.74) is 0. The first kappa shape index (κ1) is 34.2. The number of hydrogen-bond donors (Lipinski definition) is 0. The van der Waals surface area contributed by atoms with E-state index in [1.807, 2.05) is 24.3 Å². The molecule has 0 amide bonds. The van der Waals surface area contributed by atoms with Crippen LogP contribution < -0.4 is 0 Å². The van der Waals surface area contributed by atoms with Gasteiger partial charge in [-0.15, -0.1) is 0 Å². The lowest BCUT2D eigenvalue weighted by atomic mass is 10.3. The summed E-state index contributed by atoms with van der Waals surface area (Å²) in [5, 5.41) is 0. The second kappa shape index (κ2) is 26.3. The number of hydrogen-bond acceptors (Lipinski definition) is 7. The highest BCUT2D eigenvalue weighted by molar-refractivity contribution is 4.90. The lowest BCUT2D eigenvalue weighted by Gasteiger charge is -2.20. The summed E-state index contributed by atoms with van der Waals surface area (Å²) in [7, 11) is 3.22. The van der Waals surface area contributed by atoms with Crippen LogP contribution in [0.3, 0.4) is 0 Å². The van der Waals surface area contributed by atoms with E-state index in [2.05, 4.69) is 27.7 Å². The van der Waals surface area contributed by atoms with E-state index < -0.39 is 12.6 Å². The fraction of sp³-hybridized carbons (Fsp3) is 0.857. The molecule has 208 valence electrons. The van der Waals surface area contributed by atoms with Gasteiger partial charge in [0, 0.05) is 53.5 Å². The van der Waals surface area contributed by atoms with Gasteiger partial charge < -0.3 is 33.2 Å². The zero-order valence-electron chi connectivity index (χ0n) is 23.4. The van der Waals surface area contributed by atoms with Crippen LogP contribution in [0.25, 0.3) is 0 Å². The standard InChI is InChI=1S/C28H54O7/c1-7-11-21-31-27(32-22-12-8-2)19-15-17-25(29-5)35-26(30-6)18-16-20-28(33-23-13-9-3)34-24-14-10-4/h15-18,25-28H,7-14,19-24H2,1-6H3. The van der Waals surface area contributed by atoms with Crippen LogP contribution in [0.2, 0.25) is 0 Å². The SMILES string of the molecule is CCCCOC(CC=CC(OC)OC(C=CCC(OCCCC)OCCCC)OC)OCCCC. The summed E-state index contributed by atoms with van der Waals surface area (Å²) in [5.74, 6) is 0. The first-order valence-corrected chi connectivity index (χ1v) is 13.7. The molecule has 7 nitrogen and oxygen atoms in total. The van der Waals surface area contributed by atoms with Crippen molar-refractivity contribution in [3.63, 3.8) is 0 Å². The van der Waals surface area contributed by atoms with Gasteiger partial charge >= 0.3 is 0 Å². The minimum absolute atomic E-state index is 0.252. The minimum Gasteiger partial charge on any atom is -0.352 e. The van der Waals surface area contributed by atoms with Gasteiger partial charge in [-0.1, -0.05) is 65.5 Å². The Morgan fingerprint density at radius 2 is 0.829 bits per heavy atom. The summed E-state index contributed by atoms with van der Waals surface area (Å²) >= 11 is 0. The molecule has 2 unspecified atom stereocenters. The maximum atomic E-state index is 5.93. The highest BCUT2D eigenvalue weighted by Gasteiger charge is 2.13. The predicted molar refractivity (Wildman–Crippen MR) is 141 cm³/mol. The minimum atomic E-state index is -0.547. The van der Waals surface area contributed by atoms with Crippen LogP contribution in [0.5, 0.6) is 0 Å². The van der Waals surface area contributed by atoms with Crippen LogP contribution in [-0.4, -0.2) is 65.8 Å². The molecule has 0 saturated carbocycles. The van der Waals surface area contributed by atoms with Crippen molar-refractivity contribution in [2.75, 3.05) is 40.6 Å². The van der Waals surface area contributed by atoms with Gasteiger partial charge in [0.1, 0.15) is 0 Å². The quantitative estimate of drug-likeness (QED) is 0.0735. The van der Waals surface area contributed by atoms with Gasteiger partial charge in [0.2, 0.25) is 0 Å². The summed E-state index contributed by atoms with van der Waals surface area (Å²) in [4.78, 5) is 0. The van der Waals surface area contributed by atoms with Gasteiger partial charge in [-0.3, -0.25) is 0 Å². The Morgan fingerprint density at radius 1 is 0.514 bits per heavy atom. The summed E-state index contributed by atoms with van der Waals surface area (Å²) < 4.78 is 40.4. The second-order valence-corrected chi connectivity index (χ2v) is 8.43. The van der Waals surface area contributed by atoms with Crippen molar-refractivity contribution in [3.8, 4) is 0 Å². The Labute approximate surface area is 215 Å². The number of rotatable bonds is 26. The normalized spacial score (nSPS) is 14.2. The Hall–Kier alpha value is -0.800. The molecule has 2 atom stereocenters. The molecule has 7 heteroatoms. The highest BCUT2D eigenvalue weighted by Crippen LogP contribution is 2.11. The average molecular weight is 503 g/mol. The van der Waals surface area contributed by atoms with Crippen molar-refractivity contribution >= 4 is 0 Å². The van der Waals surface area contributed by atoms with Crippen molar-refractivity contribution in [2.45, 2.75) is 117 Å². The molecule has 35 heavy (non-hydrogen) atoms. The van der Waals surface area contributed by atoms with Crippen LogP contribution in [0.15, 0.2) is 24.3 Å². The van der Waals surface area contributed by atoms with Gasteiger partial charge in [-0.2, -0.15) is 0 Å². The molecule has 0 aromatic rings. The van der Waals surface area contributed by atoms with E-state index in [1.54, 1.807) is 14.2 Å². The van der Waals surface area contributed by atoms with Crippen LogP contribution in [0, 0.1) is 0 Å². The topological polar surface area (TPSA) is 64.6 Å². The van der Waals surface area contributed by atoms with Gasteiger partial charge in [-0.05, 0) is 37.8 Å². The molecule has 0 fully saturated rings. The van der Waals surface area contributed by atoms with Crippen molar-refractivity contribution in [2.24, 2.45) is 0 Å². The van der Waals surface area contributed by atoms with Gasteiger partial charge in [0.15, 0.2) is 25.2 Å². The molecule has 0 spiro atoms. The van der Waals surface area contributed by atoms with Crippen molar-refractivity contribution in [1.82, 2.24) is 0 Å². The molecule has 0 rings (SSSR count). The van der Waals surface area contributed by atoms with Gasteiger partial charge in [-0.25, -0.2) is 0 Å². The summed E-state index contributed by atoms with van der Waals surface area (Å²) in [6.45, 7) is 11.4.